The number of carboxylic acids is 1. The van der Waals surface area contributed by atoms with E-state index in [-0.39, 0.29) is 62.6 Å². The molecule has 1 aromatic carbocycles. The molecular weight excluding hydrogens is 740 g/mol. The highest BCUT2D eigenvalue weighted by Crippen LogP contribution is 2.26. The second-order valence-electron chi connectivity index (χ2n) is 16.3. The number of hydrogen-bond acceptors (Lipinski definition) is 12. The minimum absolute atomic E-state index is 0.000315. The van der Waals surface area contributed by atoms with Crippen LogP contribution >= 0.6 is 0 Å². The predicted molar refractivity (Wildman–Crippen MR) is 209 cm³/mol. The van der Waals surface area contributed by atoms with E-state index in [0.29, 0.717) is 17.0 Å². The Labute approximate surface area is 337 Å². The van der Waals surface area contributed by atoms with Crippen molar-refractivity contribution in [3.63, 3.8) is 0 Å². The zero-order valence-electron chi connectivity index (χ0n) is 34.8. The van der Waals surface area contributed by atoms with Gasteiger partial charge in [0.25, 0.3) is 11.8 Å². The Morgan fingerprint density at radius 1 is 0.614 bits per heavy atom. The summed E-state index contributed by atoms with van der Waals surface area (Å²) in [5.41, 5.74) is -0.939. The SMILES string of the molecule is CC(C)(C)OC(=O)COc1cc(CN(CCC(=O)ON2C(=O)CCC2=O)C(=O)CCCCCCCCCCCCCCC(=O)O)cc(OCC(=O)OC(C)(C)C)c1. The molecule has 1 aromatic rings. The fourth-order valence-corrected chi connectivity index (χ4v) is 5.94. The molecule has 0 aromatic heterocycles. The average molecular weight is 805 g/mol. The molecule has 1 heterocycles. The first kappa shape index (κ1) is 48.5. The summed E-state index contributed by atoms with van der Waals surface area (Å²) in [7, 11) is 0. The third-order valence-electron chi connectivity index (χ3n) is 8.54. The number of carbonyl (C=O) groups excluding carboxylic acids is 6. The fraction of sp³-hybridized carbons (Fsp3) is 0.690. The van der Waals surface area contributed by atoms with Gasteiger partial charge in [0.05, 0.1) is 6.42 Å². The van der Waals surface area contributed by atoms with Crippen molar-refractivity contribution >= 4 is 41.6 Å². The Morgan fingerprint density at radius 2 is 1.04 bits per heavy atom. The van der Waals surface area contributed by atoms with Gasteiger partial charge in [0.2, 0.25) is 5.91 Å². The number of carboxylic acid groups (broad SMARTS) is 1. The van der Waals surface area contributed by atoms with Crippen molar-refractivity contribution in [3.05, 3.63) is 23.8 Å². The summed E-state index contributed by atoms with van der Waals surface area (Å²) < 4.78 is 22.2. The molecule has 1 saturated heterocycles. The quantitative estimate of drug-likeness (QED) is 0.0544. The normalized spacial score (nSPS) is 13.0. The highest BCUT2D eigenvalue weighted by Gasteiger charge is 2.33. The molecule has 1 fully saturated rings. The van der Waals surface area contributed by atoms with Crippen LogP contribution in [0, 0.1) is 0 Å². The first-order valence-electron chi connectivity index (χ1n) is 20.2. The van der Waals surface area contributed by atoms with E-state index in [1.165, 1.54) is 11.0 Å². The summed E-state index contributed by atoms with van der Waals surface area (Å²) in [6, 6.07) is 4.73. The number of carbonyl (C=O) groups is 7. The number of amides is 3. The standard InChI is InChI=1S/C42H64N2O13/c1-41(2,3)55-39(51)29-53-32-25-31(26-33(27-32)54-30-40(52)56-42(4,5)6)28-43(24-23-38(50)57-44-35(46)21-22-36(44)47)34(45)19-17-15-13-11-9-7-8-10-12-14-16-18-20-37(48)49/h25-27H,7-24,28-30H2,1-6H3,(H,48,49). The number of unbranched alkanes of at least 4 members (excludes halogenated alkanes) is 11. The van der Waals surface area contributed by atoms with Crippen molar-refractivity contribution in [2.45, 2.75) is 168 Å². The third-order valence-corrected chi connectivity index (χ3v) is 8.54. The zero-order valence-corrected chi connectivity index (χ0v) is 34.8. The van der Waals surface area contributed by atoms with Gasteiger partial charge < -0.3 is 33.8 Å². The summed E-state index contributed by atoms with van der Waals surface area (Å²) in [6.07, 6.45) is 12.0. The number of hydrogen-bond donors (Lipinski definition) is 1. The van der Waals surface area contributed by atoms with Crippen LogP contribution in [0.25, 0.3) is 0 Å². The molecule has 0 unspecified atom stereocenters. The van der Waals surface area contributed by atoms with Gasteiger partial charge in [0, 0.05) is 44.8 Å². The smallest absolute Gasteiger partial charge is 0.344 e. The molecule has 2 rings (SSSR count). The first-order valence-corrected chi connectivity index (χ1v) is 20.2. The summed E-state index contributed by atoms with van der Waals surface area (Å²) in [5, 5.41) is 9.20. The van der Waals surface area contributed by atoms with Crippen LogP contribution in [0.1, 0.15) is 156 Å². The average Bonchev–Trinajstić information content (AvgIpc) is 3.42. The van der Waals surface area contributed by atoms with Gasteiger partial charge in [-0.1, -0.05) is 64.2 Å². The fourth-order valence-electron chi connectivity index (χ4n) is 5.94. The molecule has 3 amide bonds. The lowest BCUT2D eigenvalue weighted by Crippen LogP contribution is -2.35. The molecule has 320 valence electrons. The number of ether oxygens (including phenoxy) is 4. The summed E-state index contributed by atoms with van der Waals surface area (Å²) in [6.45, 7) is 9.50. The Morgan fingerprint density at radius 3 is 1.46 bits per heavy atom. The number of aliphatic carboxylic acids is 1. The van der Waals surface area contributed by atoms with Crippen molar-refractivity contribution in [1.29, 1.82) is 0 Å². The first-order chi connectivity index (χ1) is 26.8. The molecule has 0 radical (unpaired) electrons. The number of benzene rings is 1. The van der Waals surface area contributed by atoms with Gasteiger partial charge in [-0.05, 0) is 72.1 Å². The highest BCUT2D eigenvalue weighted by atomic mass is 16.7. The van der Waals surface area contributed by atoms with E-state index in [1.807, 2.05) is 0 Å². The number of nitrogens with zero attached hydrogens (tertiary/aromatic N) is 2. The molecular formula is C42H64N2O13. The highest BCUT2D eigenvalue weighted by molar-refractivity contribution is 6.01. The number of rotatable bonds is 27. The van der Waals surface area contributed by atoms with E-state index in [0.717, 1.165) is 70.6 Å². The van der Waals surface area contributed by atoms with E-state index < -0.39 is 60.1 Å². The lowest BCUT2D eigenvalue weighted by atomic mass is 10.0. The maximum Gasteiger partial charge on any atom is 0.344 e. The van der Waals surface area contributed by atoms with Gasteiger partial charge in [-0.3, -0.25) is 19.2 Å². The molecule has 15 heteroatoms. The molecule has 0 saturated carbocycles. The van der Waals surface area contributed by atoms with Crippen LogP contribution in [0.4, 0.5) is 0 Å². The zero-order chi connectivity index (χ0) is 42.4. The summed E-state index contributed by atoms with van der Waals surface area (Å²) >= 11 is 0. The molecule has 0 atom stereocenters. The van der Waals surface area contributed by atoms with Crippen LogP contribution in [0.5, 0.6) is 11.5 Å². The van der Waals surface area contributed by atoms with Crippen molar-refractivity contribution in [2.75, 3.05) is 19.8 Å². The van der Waals surface area contributed by atoms with Gasteiger partial charge in [-0.2, -0.15) is 0 Å². The van der Waals surface area contributed by atoms with Crippen molar-refractivity contribution < 1.29 is 62.5 Å². The summed E-state index contributed by atoms with van der Waals surface area (Å²) in [4.78, 5) is 92.3. The van der Waals surface area contributed by atoms with Gasteiger partial charge in [0.1, 0.15) is 22.7 Å². The second-order valence-corrected chi connectivity index (χ2v) is 16.3. The molecule has 1 aliphatic heterocycles. The van der Waals surface area contributed by atoms with E-state index in [9.17, 15) is 33.6 Å². The maximum atomic E-state index is 13.7. The van der Waals surface area contributed by atoms with Crippen LogP contribution in [0.15, 0.2) is 18.2 Å². The van der Waals surface area contributed by atoms with E-state index in [2.05, 4.69) is 0 Å². The molecule has 0 aliphatic carbocycles. The molecule has 57 heavy (non-hydrogen) atoms. The summed E-state index contributed by atoms with van der Waals surface area (Å²) in [5.74, 6) is -3.79. The molecule has 1 N–H and O–H groups in total. The van der Waals surface area contributed by atoms with Crippen LogP contribution in [0.2, 0.25) is 0 Å². The Bertz CT molecular complexity index is 1430. The number of esters is 2. The Hall–Kier alpha value is -4.69. The predicted octanol–water partition coefficient (Wildman–Crippen LogP) is 7.00. The van der Waals surface area contributed by atoms with E-state index in [1.54, 1.807) is 53.7 Å². The van der Waals surface area contributed by atoms with Crippen LogP contribution in [0.3, 0.4) is 0 Å². The van der Waals surface area contributed by atoms with E-state index >= 15 is 0 Å². The molecule has 15 nitrogen and oxygen atoms in total. The van der Waals surface area contributed by atoms with Gasteiger partial charge in [0.15, 0.2) is 13.2 Å². The minimum atomic E-state index is -0.842. The van der Waals surface area contributed by atoms with Crippen molar-refractivity contribution in [3.8, 4) is 11.5 Å². The molecule has 0 spiro atoms. The van der Waals surface area contributed by atoms with Crippen LogP contribution < -0.4 is 9.47 Å². The topological polar surface area (TPSA) is 192 Å². The van der Waals surface area contributed by atoms with Crippen LogP contribution in [-0.4, -0.2) is 87.6 Å². The van der Waals surface area contributed by atoms with Crippen LogP contribution in [-0.2, 0) is 54.4 Å². The number of imide groups is 1. The van der Waals surface area contributed by atoms with Gasteiger partial charge in [-0.25, -0.2) is 14.4 Å². The minimum Gasteiger partial charge on any atom is -0.482 e. The lowest BCUT2D eigenvalue weighted by Gasteiger charge is -2.24. The maximum absolute atomic E-state index is 13.7. The second kappa shape index (κ2) is 24.8. The van der Waals surface area contributed by atoms with Gasteiger partial charge >= 0.3 is 23.9 Å². The lowest BCUT2D eigenvalue weighted by molar-refractivity contribution is -0.197. The Balaban J connectivity index is 2.06. The van der Waals surface area contributed by atoms with Crippen molar-refractivity contribution in [2.24, 2.45) is 0 Å². The molecule has 1 aliphatic rings. The van der Waals surface area contributed by atoms with E-state index in [4.69, 9.17) is 28.9 Å². The molecule has 0 bridgehead atoms. The monoisotopic (exact) mass is 804 g/mol. The third kappa shape index (κ3) is 22.6. The Kier molecular flexibility index (Phi) is 21.1. The van der Waals surface area contributed by atoms with Gasteiger partial charge in [-0.15, -0.1) is 5.06 Å². The largest absolute Gasteiger partial charge is 0.482 e. The number of hydroxylamine groups is 2. The van der Waals surface area contributed by atoms with Crippen molar-refractivity contribution in [1.82, 2.24) is 9.96 Å².